The second kappa shape index (κ2) is 7.13. The fraction of sp³-hybridized carbons (Fsp3) is 0.667. The van der Waals surface area contributed by atoms with E-state index in [1.807, 2.05) is 13.8 Å². The first-order valence-electron chi connectivity index (χ1n) is 12.2. The largest absolute Gasteiger partial charge is 0.457 e. The molecule has 0 radical (unpaired) electrons. The Morgan fingerprint density at radius 1 is 1.15 bits per heavy atom. The number of Topliss-reactive ketones (excluding diaryl/α,β-unsaturated/α-hetero) is 1. The van der Waals surface area contributed by atoms with Gasteiger partial charge in [-0.1, -0.05) is 26.3 Å². The molecular formula is C27H33FO5. The molecule has 3 fully saturated rings. The van der Waals surface area contributed by atoms with Gasteiger partial charge in [0.05, 0.1) is 6.26 Å². The van der Waals surface area contributed by atoms with Crippen molar-refractivity contribution in [3.05, 3.63) is 35.8 Å². The lowest BCUT2D eigenvalue weighted by molar-refractivity contribution is -0.186. The van der Waals surface area contributed by atoms with Crippen LogP contribution in [0.15, 0.2) is 34.5 Å². The first-order chi connectivity index (χ1) is 15.5. The monoisotopic (exact) mass is 456 g/mol. The number of halogens is 1. The van der Waals surface area contributed by atoms with Gasteiger partial charge in [-0.15, -0.1) is 0 Å². The van der Waals surface area contributed by atoms with Crippen LogP contribution in [0.1, 0.15) is 83.2 Å². The maximum Gasteiger partial charge on any atom is 0.375 e. The summed E-state index contributed by atoms with van der Waals surface area (Å²) in [6.07, 6.45) is 6.46. The Kier molecular flexibility index (Phi) is 4.87. The number of fused-ring (bicyclic) bond motifs is 5. The molecule has 6 heteroatoms. The van der Waals surface area contributed by atoms with Crippen molar-refractivity contribution in [1.29, 1.82) is 0 Å². The maximum absolute atomic E-state index is 17.2. The summed E-state index contributed by atoms with van der Waals surface area (Å²) in [5.74, 6) is -0.884. The van der Waals surface area contributed by atoms with Crippen LogP contribution in [0, 0.1) is 28.6 Å². The van der Waals surface area contributed by atoms with E-state index >= 15 is 4.39 Å². The van der Waals surface area contributed by atoms with Crippen LogP contribution in [0.25, 0.3) is 0 Å². The Morgan fingerprint density at radius 3 is 2.58 bits per heavy atom. The molecule has 4 unspecified atom stereocenters. The lowest BCUT2D eigenvalue weighted by Gasteiger charge is -2.63. The smallest absolute Gasteiger partial charge is 0.375 e. The van der Waals surface area contributed by atoms with Gasteiger partial charge in [-0.05, 0) is 81.4 Å². The molecule has 1 heterocycles. The van der Waals surface area contributed by atoms with Crippen LogP contribution in [0.4, 0.5) is 4.39 Å². The SMILES string of the molecule is CC(=O)[C@@]1(OC(=O)c2ccco2)CCC2C3C[C@H](C)C4=CC(=O)CCC4(C)[C@@]3(F)CCC21C. The van der Waals surface area contributed by atoms with Crippen LogP contribution in [0.5, 0.6) is 0 Å². The average molecular weight is 457 g/mol. The van der Waals surface area contributed by atoms with Gasteiger partial charge in [0.2, 0.25) is 5.76 Å². The second-order valence-electron chi connectivity index (χ2n) is 11.3. The summed E-state index contributed by atoms with van der Waals surface area (Å²) < 4.78 is 28.4. The molecule has 4 aliphatic carbocycles. The van der Waals surface area contributed by atoms with Crippen LogP contribution in [0.3, 0.4) is 0 Å². The Labute approximate surface area is 194 Å². The van der Waals surface area contributed by atoms with Gasteiger partial charge in [-0.25, -0.2) is 9.18 Å². The van der Waals surface area contributed by atoms with Crippen molar-refractivity contribution in [3.63, 3.8) is 0 Å². The summed E-state index contributed by atoms with van der Waals surface area (Å²) in [5.41, 5.74) is -3.08. The number of hydrogen-bond acceptors (Lipinski definition) is 5. The highest BCUT2D eigenvalue weighted by molar-refractivity contribution is 5.93. The molecule has 0 saturated heterocycles. The number of hydrogen-bond donors (Lipinski definition) is 0. The van der Waals surface area contributed by atoms with E-state index in [-0.39, 0.29) is 35.1 Å². The minimum atomic E-state index is -1.44. The summed E-state index contributed by atoms with van der Waals surface area (Å²) in [5, 5.41) is 0. The van der Waals surface area contributed by atoms with Gasteiger partial charge >= 0.3 is 5.97 Å². The second-order valence-corrected chi connectivity index (χ2v) is 11.3. The summed E-state index contributed by atoms with van der Waals surface area (Å²) in [6, 6.07) is 3.14. The quantitative estimate of drug-likeness (QED) is 0.551. The maximum atomic E-state index is 17.2. The molecule has 33 heavy (non-hydrogen) atoms. The summed E-state index contributed by atoms with van der Waals surface area (Å²) in [6.45, 7) is 7.60. The number of allylic oxidation sites excluding steroid dienone is 1. The van der Waals surface area contributed by atoms with Crippen LogP contribution >= 0.6 is 0 Å². The molecule has 0 spiro atoms. The third-order valence-corrected chi connectivity index (χ3v) is 10.1. The normalized spacial score (nSPS) is 44.3. The van der Waals surface area contributed by atoms with E-state index in [1.165, 1.54) is 19.3 Å². The van der Waals surface area contributed by atoms with Gasteiger partial charge in [-0.2, -0.15) is 0 Å². The van der Waals surface area contributed by atoms with E-state index in [1.54, 1.807) is 12.1 Å². The van der Waals surface area contributed by atoms with Crippen molar-refractivity contribution in [2.75, 3.05) is 0 Å². The average Bonchev–Trinajstić information content (AvgIpc) is 3.39. The minimum absolute atomic E-state index is 0.0683. The Morgan fingerprint density at radius 2 is 1.91 bits per heavy atom. The zero-order chi connectivity index (χ0) is 23.8. The number of rotatable bonds is 3. The summed E-state index contributed by atoms with van der Waals surface area (Å²) in [4.78, 5) is 38.2. The van der Waals surface area contributed by atoms with Crippen LogP contribution in [0.2, 0.25) is 0 Å². The lowest BCUT2D eigenvalue weighted by Crippen LogP contribution is -2.65. The van der Waals surface area contributed by atoms with E-state index in [9.17, 15) is 14.4 Å². The molecule has 7 atom stereocenters. The molecule has 1 aromatic heterocycles. The number of ketones is 2. The fourth-order valence-corrected chi connectivity index (χ4v) is 8.26. The first-order valence-corrected chi connectivity index (χ1v) is 12.2. The molecule has 0 N–H and O–H groups in total. The van der Waals surface area contributed by atoms with E-state index in [0.717, 1.165) is 5.57 Å². The van der Waals surface area contributed by atoms with Gasteiger partial charge in [0.25, 0.3) is 0 Å². The number of esters is 1. The number of carbonyl (C=O) groups is 3. The van der Waals surface area contributed by atoms with Crippen molar-refractivity contribution in [1.82, 2.24) is 0 Å². The van der Waals surface area contributed by atoms with E-state index in [2.05, 4.69) is 6.92 Å². The number of ether oxygens (including phenoxy) is 1. The third kappa shape index (κ3) is 2.78. The van der Waals surface area contributed by atoms with Gasteiger partial charge in [0, 0.05) is 17.3 Å². The fourth-order valence-electron chi connectivity index (χ4n) is 8.26. The van der Waals surface area contributed by atoms with Gasteiger partial charge in [0.15, 0.2) is 17.2 Å². The van der Waals surface area contributed by atoms with Crippen LogP contribution < -0.4 is 0 Å². The molecule has 0 aromatic carbocycles. The Balaban J connectivity index is 1.54. The molecule has 4 aliphatic rings. The molecule has 3 saturated carbocycles. The first kappa shape index (κ1) is 22.5. The number of alkyl halides is 1. The third-order valence-electron chi connectivity index (χ3n) is 10.1. The van der Waals surface area contributed by atoms with Gasteiger partial charge < -0.3 is 9.15 Å². The van der Waals surface area contributed by atoms with Crippen molar-refractivity contribution in [3.8, 4) is 0 Å². The molecule has 178 valence electrons. The zero-order valence-corrected chi connectivity index (χ0v) is 19.9. The van der Waals surface area contributed by atoms with E-state index in [0.29, 0.717) is 44.9 Å². The minimum Gasteiger partial charge on any atom is -0.457 e. The highest BCUT2D eigenvalue weighted by Crippen LogP contribution is 2.71. The highest BCUT2D eigenvalue weighted by Gasteiger charge is 2.73. The van der Waals surface area contributed by atoms with Crippen molar-refractivity contribution in [2.24, 2.45) is 28.6 Å². The molecule has 5 nitrogen and oxygen atoms in total. The number of carbonyl (C=O) groups excluding carboxylic acids is 3. The van der Waals surface area contributed by atoms with E-state index in [4.69, 9.17) is 9.15 Å². The zero-order valence-electron chi connectivity index (χ0n) is 19.9. The molecule has 0 amide bonds. The Bertz CT molecular complexity index is 1040. The predicted octanol–water partition coefficient (Wildman–Crippen LogP) is 5.63. The molecule has 0 bridgehead atoms. The van der Waals surface area contributed by atoms with Crippen molar-refractivity contribution >= 4 is 17.5 Å². The molecule has 5 rings (SSSR count). The highest BCUT2D eigenvalue weighted by atomic mass is 19.1. The number of furan rings is 1. The van der Waals surface area contributed by atoms with Gasteiger partial charge in [0.1, 0.15) is 5.67 Å². The van der Waals surface area contributed by atoms with Crippen LogP contribution in [-0.4, -0.2) is 28.8 Å². The van der Waals surface area contributed by atoms with E-state index < -0.39 is 28.1 Å². The molecular weight excluding hydrogens is 423 g/mol. The molecule has 0 aliphatic heterocycles. The topological polar surface area (TPSA) is 73.6 Å². The standard InChI is InChI=1S/C27H33FO5/c1-16-14-21-19-8-10-27(17(2)29,33-23(31)22-6-5-13-32-22)25(19,4)11-12-26(21,28)24(3)9-7-18(30)15-20(16)24/h5-6,13,15-16,19,21H,7-12,14H2,1-4H3/t16-,19?,21?,24?,25?,26+,27-/m0/s1. The van der Waals surface area contributed by atoms with Crippen LogP contribution in [-0.2, 0) is 14.3 Å². The molecule has 1 aromatic rings. The summed E-state index contributed by atoms with van der Waals surface area (Å²) in [7, 11) is 0. The Hall–Kier alpha value is -2.24. The lowest BCUT2D eigenvalue weighted by atomic mass is 9.43. The summed E-state index contributed by atoms with van der Waals surface area (Å²) >= 11 is 0. The van der Waals surface area contributed by atoms with Crippen molar-refractivity contribution < 1.29 is 27.9 Å². The van der Waals surface area contributed by atoms with Crippen molar-refractivity contribution in [2.45, 2.75) is 83.9 Å². The predicted molar refractivity (Wildman–Crippen MR) is 119 cm³/mol. The van der Waals surface area contributed by atoms with Gasteiger partial charge in [-0.3, -0.25) is 9.59 Å².